The van der Waals surface area contributed by atoms with Gasteiger partial charge in [0.2, 0.25) is 0 Å². The second-order valence-corrected chi connectivity index (χ2v) is 8.59. The van der Waals surface area contributed by atoms with E-state index in [1.54, 1.807) is 45.0 Å². The third kappa shape index (κ3) is 5.07. The summed E-state index contributed by atoms with van der Waals surface area (Å²) in [6.07, 6.45) is -0.587. The van der Waals surface area contributed by atoms with Crippen molar-refractivity contribution in [3.63, 3.8) is 0 Å². The third-order valence-corrected chi connectivity index (χ3v) is 5.02. The molecule has 0 spiro atoms. The number of anilines is 1. The number of carbonyl (C=O) groups is 3. The van der Waals surface area contributed by atoms with E-state index in [2.05, 4.69) is 16.0 Å². The summed E-state index contributed by atoms with van der Waals surface area (Å²) in [6, 6.07) is 8.30. The molecule has 10 nitrogen and oxygen atoms in total. The fourth-order valence-electron chi connectivity index (χ4n) is 3.66. The molecule has 2 aliphatic heterocycles. The van der Waals surface area contributed by atoms with E-state index >= 15 is 0 Å². The van der Waals surface area contributed by atoms with Crippen molar-refractivity contribution in [1.82, 2.24) is 15.6 Å². The second-order valence-electron chi connectivity index (χ2n) is 8.59. The Morgan fingerprint density at radius 2 is 1.97 bits per heavy atom. The minimum Gasteiger partial charge on any atom is -0.604 e. The Bertz CT molecular complexity index is 797. The van der Waals surface area contributed by atoms with E-state index < -0.39 is 34.4 Å². The molecule has 3 N–H and O–H groups in total. The number of hydroxylamine groups is 2. The molecule has 2 aliphatic rings. The zero-order chi connectivity index (χ0) is 21.9. The molecule has 2 saturated heterocycles. The summed E-state index contributed by atoms with van der Waals surface area (Å²) < 4.78 is 4.32. The lowest BCUT2D eigenvalue weighted by Gasteiger charge is -2.55. The van der Waals surface area contributed by atoms with Crippen LogP contribution >= 0.6 is 0 Å². The van der Waals surface area contributed by atoms with Gasteiger partial charge in [-0.3, -0.25) is 20.2 Å². The molecule has 3 rings (SSSR count). The largest absolute Gasteiger partial charge is 0.604 e. The molecule has 2 heterocycles. The fourth-order valence-corrected chi connectivity index (χ4v) is 3.66. The number of esters is 1. The number of hydrogen-bond donors (Lipinski definition) is 3. The first-order valence-electron chi connectivity index (χ1n) is 10.0. The molecule has 164 valence electrons. The van der Waals surface area contributed by atoms with Crippen LogP contribution < -0.4 is 16.0 Å². The van der Waals surface area contributed by atoms with Crippen LogP contribution in [-0.4, -0.2) is 59.2 Å². The van der Waals surface area contributed by atoms with E-state index in [1.807, 2.05) is 6.07 Å². The molecule has 3 unspecified atom stereocenters. The zero-order valence-electron chi connectivity index (χ0n) is 17.5. The quantitative estimate of drug-likeness (QED) is 0.388. The van der Waals surface area contributed by atoms with Crippen molar-refractivity contribution >= 4 is 23.6 Å². The third-order valence-electron chi connectivity index (χ3n) is 5.02. The molecular formula is C20H29N5O5. The molecule has 0 aliphatic carbocycles. The number of rotatable bonds is 3. The summed E-state index contributed by atoms with van der Waals surface area (Å²) in [6.45, 7) is 5.27. The van der Waals surface area contributed by atoms with Gasteiger partial charge in [-0.05, 0) is 32.9 Å². The number of hydrogen-bond acceptors (Lipinski definition) is 6. The summed E-state index contributed by atoms with van der Waals surface area (Å²) in [5.74, 6) is -1.57. The summed E-state index contributed by atoms with van der Waals surface area (Å²) in [5.41, 5.74) is -0.109. The van der Waals surface area contributed by atoms with Gasteiger partial charge in [-0.1, -0.05) is 18.2 Å². The van der Waals surface area contributed by atoms with Crippen molar-refractivity contribution in [2.24, 2.45) is 5.92 Å². The Labute approximate surface area is 175 Å². The molecule has 0 saturated carbocycles. The van der Waals surface area contributed by atoms with Crippen molar-refractivity contribution in [2.45, 2.75) is 45.4 Å². The number of urea groups is 1. The van der Waals surface area contributed by atoms with Crippen LogP contribution in [0.15, 0.2) is 30.3 Å². The molecule has 0 aromatic heterocycles. The number of quaternary nitrogens is 1. The lowest BCUT2D eigenvalue weighted by molar-refractivity contribution is -1.01. The SMILES string of the molecule is CC(C)(C)OC(=O)C1CNCN2C(=O)CCC(NC(=O)Nc3ccccc3)[N+]2([O-])C1. The Kier molecular flexibility index (Phi) is 6.30. The fraction of sp³-hybridized carbons (Fsp3) is 0.550. The monoisotopic (exact) mass is 419 g/mol. The van der Waals surface area contributed by atoms with E-state index in [4.69, 9.17) is 4.74 Å². The summed E-state index contributed by atoms with van der Waals surface area (Å²) in [5, 5.41) is 23.4. The van der Waals surface area contributed by atoms with E-state index in [9.17, 15) is 19.6 Å². The highest BCUT2D eigenvalue weighted by molar-refractivity contribution is 5.89. The maximum Gasteiger partial charge on any atom is 0.323 e. The predicted molar refractivity (Wildman–Crippen MR) is 109 cm³/mol. The van der Waals surface area contributed by atoms with Gasteiger partial charge < -0.3 is 15.3 Å². The first-order chi connectivity index (χ1) is 14.1. The average molecular weight is 419 g/mol. The molecule has 1 aromatic rings. The Balaban J connectivity index is 1.77. The van der Waals surface area contributed by atoms with Crippen LogP contribution in [0.4, 0.5) is 10.5 Å². The summed E-state index contributed by atoms with van der Waals surface area (Å²) >= 11 is 0. The van der Waals surface area contributed by atoms with Gasteiger partial charge in [0, 0.05) is 25.1 Å². The van der Waals surface area contributed by atoms with E-state index in [-0.39, 0.29) is 38.5 Å². The van der Waals surface area contributed by atoms with Gasteiger partial charge >= 0.3 is 12.0 Å². The van der Waals surface area contributed by atoms with Gasteiger partial charge in [0.25, 0.3) is 5.91 Å². The number of ether oxygens (including phenoxy) is 1. The summed E-state index contributed by atoms with van der Waals surface area (Å²) in [7, 11) is 0. The number of nitrogens with zero attached hydrogens (tertiary/aromatic N) is 2. The number of fused-ring (bicyclic) bond motifs is 1. The average Bonchev–Trinajstić information content (AvgIpc) is 2.84. The molecule has 10 heteroatoms. The zero-order valence-corrected chi connectivity index (χ0v) is 17.5. The van der Waals surface area contributed by atoms with Gasteiger partial charge in [-0.25, -0.2) is 9.55 Å². The molecule has 0 bridgehead atoms. The highest BCUT2D eigenvalue weighted by Crippen LogP contribution is 2.29. The van der Waals surface area contributed by atoms with Gasteiger partial charge in [0.15, 0.2) is 6.17 Å². The highest BCUT2D eigenvalue weighted by atomic mass is 16.6. The molecule has 1 aromatic carbocycles. The van der Waals surface area contributed by atoms with Crippen molar-refractivity contribution < 1.29 is 23.9 Å². The highest BCUT2D eigenvalue weighted by Gasteiger charge is 2.48. The topological polar surface area (TPSA) is 123 Å². The number of nitrogens with one attached hydrogen (secondary N) is 3. The predicted octanol–water partition coefficient (Wildman–Crippen LogP) is 1.50. The molecule has 3 amide bonds. The molecule has 30 heavy (non-hydrogen) atoms. The van der Waals surface area contributed by atoms with Crippen molar-refractivity contribution in [3.8, 4) is 0 Å². The van der Waals surface area contributed by atoms with Crippen LogP contribution in [0, 0.1) is 11.1 Å². The minimum absolute atomic E-state index is 0.000115. The van der Waals surface area contributed by atoms with Crippen LogP contribution in [0.5, 0.6) is 0 Å². The normalized spacial score (nSPS) is 26.9. The lowest BCUT2D eigenvalue weighted by atomic mass is 10.1. The van der Waals surface area contributed by atoms with Crippen LogP contribution in [0.2, 0.25) is 0 Å². The minimum atomic E-state index is -1.13. The van der Waals surface area contributed by atoms with Crippen LogP contribution in [-0.2, 0) is 14.3 Å². The van der Waals surface area contributed by atoms with Gasteiger partial charge in [-0.15, -0.1) is 0 Å². The second kappa shape index (κ2) is 8.58. The maximum atomic E-state index is 13.9. The van der Waals surface area contributed by atoms with Crippen molar-refractivity contribution in [2.75, 3.05) is 25.1 Å². The number of para-hydroxylation sites is 1. The lowest BCUT2D eigenvalue weighted by Crippen LogP contribution is -2.72. The van der Waals surface area contributed by atoms with Gasteiger partial charge in [0.05, 0.1) is 0 Å². The van der Waals surface area contributed by atoms with Crippen molar-refractivity contribution in [1.29, 1.82) is 0 Å². The molecular weight excluding hydrogens is 390 g/mol. The van der Waals surface area contributed by atoms with Crippen LogP contribution in [0.1, 0.15) is 33.6 Å². The van der Waals surface area contributed by atoms with Gasteiger partial charge in [0.1, 0.15) is 24.7 Å². The van der Waals surface area contributed by atoms with Crippen LogP contribution in [0.3, 0.4) is 0 Å². The number of carbonyl (C=O) groups excluding carboxylic acids is 3. The first-order valence-corrected chi connectivity index (χ1v) is 10.0. The van der Waals surface area contributed by atoms with E-state index in [0.717, 1.165) is 5.01 Å². The van der Waals surface area contributed by atoms with Crippen molar-refractivity contribution in [3.05, 3.63) is 35.5 Å². The Morgan fingerprint density at radius 3 is 2.63 bits per heavy atom. The number of amides is 3. The molecule has 0 radical (unpaired) electrons. The molecule has 3 atom stereocenters. The van der Waals surface area contributed by atoms with E-state index in [0.29, 0.717) is 5.69 Å². The van der Waals surface area contributed by atoms with E-state index in [1.165, 1.54) is 0 Å². The summed E-state index contributed by atoms with van der Waals surface area (Å²) in [4.78, 5) is 37.5. The number of benzene rings is 1. The van der Waals surface area contributed by atoms with Gasteiger partial charge in [-0.2, -0.15) is 5.01 Å². The Hall–Kier alpha value is -2.69. The maximum absolute atomic E-state index is 13.9. The standard InChI is InChI=1S/C20H29N5O5/c1-20(2,3)30-18(27)14-11-21-13-24-17(26)10-9-16(25(24,29)12-14)23-19(28)22-15-7-5-4-6-8-15/h4-8,14,16,21H,9-13H2,1-3H3,(H2,22,23,28). The Morgan fingerprint density at radius 1 is 1.27 bits per heavy atom. The molecule has 2 fully saturated rings. The smallest absolute Gasteiger partial charge is 0.323 e. The van der Waals surface area contributed by atoms with Crippen LogP contribution in [0.25, 0.3) is 0 Å². The first kappa shape index (κ1) is 22.0.